The highest BCUT2D eigenvalue weighted by molar-refractivity contribution is 5.30. The lowest BCUT2D eigenvalue weighted by Crippen LogP contribution is -2.13. The zero-order valence-electron chi connectivity index (χ0n) is 20.6. The minimum Gasteiger partial charge on any atom is -0.0683 e. The number of hydrogen-bond acceptors (Lipinski definition) is 0. The van der Waals surface area contributed by atoms with Gasteiger partial charge in [0.15, 0.2) is 0 Å². The van der Waals surface area contributed by atoms with Crippen LogP contribution in [-0.4, -0.2) is 0 Å². The summed E-state index contributed by atoms with van der Waals surface area (Å²) < 4.78 is 0. The molecule has 2 fully saturated rings. The predicted octanol–water partition coefficient (Wildman–Crippen LogP) is 9.78. The van der Waals surface area contributed by atoms with Gasteiger partial charge >= 0.3 is 0 Å². The zero-order valence-corrected chi connectivity index (χ0v) is 20.6. The van der Waals surface area contributed by atoms with Crippen molar-refractivity contribution in [1.29, 1.82) is 0 Å². The van der Waals surface area contributed by atoms with Crippen LogP contribution >= 0.6 is 0 Å². The van der Waals surface area contributed by atoms with Crippen LogP contribution in [0.1, 0.15) is 126 Å². The van der Waals surface area contributed by atoms with Crippen molar-refractivity contribution < 1.29 is 0 Å². The molecule has 4 rings (SSSR count). The van der Waals surface area contributed by atoms with E-state index in [1.54, 1.807) is 16.7 Å². The summed E-state index contributed by atoms with van der Waals surface area (Å²) in [7, 11) is 0. The van der Waals surface area contributed by atoms with Crippen LogP contribution in [0.4, 0.5) is 0 Å². The number of benzene rings is 2. The second-order valence-corrected chi connectivity index (χ2v) is 9.08. The van der Waals surface area contributed by atoms with Gasteiger partial charge in [0.2, 0.25) is 0 Å². The maximum absolute atomic E-state index is 2.45. The molecule has 0 atom stereocenters. The topological polar surface area (TPSA) is 0 Å². The number of hydrogen-bond donors (Lipinski definition) is 0. The van der Waals surface area contributed by atoms with Crippen molar-refractivity contribution in [2.24, 2.45) is 5.92 Å². The molecule has 2 aromatic rings. The fraction of sp³-hybridized carbons (Fsp3) is 0.600. The standard InChI is InChI=1S/C26H34.2C2H6/c1-19-3-7-21(8-4-19)23-11-15-25(16-12-23)26-17-13-24(14-18-26)22-9-5-20(2)6-10-22;2*1-2/h3-4,7-8,13-14,17-18,20,22-23,25H,5-6,9-12,15-16H2,1-2H3;2*1-2H3. The molecule has 166 valence electrons. The molecule has 30 heavy (non-hydrogen) atoms. The quantitative estimate of drug-likeness (QED) is 0.475. The number of aryl methyl sites for hydroxylation is 1. The SMILES string of the molecule is CC.CC.Cc1ccc(C2CCC(c3ccc(C4CCC(C)CC4)cc3)CC2)cc1. The zero-order chi connectivity index (χ0) is 21.9. The van der Waals surface area contributed by atoms with Crippen LogP contribution in [0.2, 0.25) is 0 Å². The highest BCUT2D eigenvalue weighted by Crippen LogP contribution is 2.41. The number of rotatable bonds is 3. The van der Waals surface area contributed by atoms with E-state index in [-0.39, 0.29) is 0 Å². The molecule has 0 aromatic heterocycles. The lowest BCUT2D eigenvalue weighted by molar-refractivity contribution is 0.348. The monoisotopic (exact) mass is 406 g/mol. The first-order valence-corrected chi connectivity index (χ1v) is 12.9. The summed E-state index contributed by atoms with van der Waals surface area (Å²) in [5.41, 5.74) is 6.10. The molecule has 0 heterocycles. The van der Waals surface area contributed by atoms with E-state index in [9.17, 15) is 0 Å². The van der Waals surface area contributed by atoms with Crippen molar-refractivity contribution in [3.8, 4) is 0 Å². The highest BCUT2D eigenvalue weighted by Gasteiger charge is 2.24. The van der Waals surface area contributed by atoms with Crippen LogP contribution in [-0.2, 0) is 0 Å². The molecule has 0 radical (unpaired) electrons. The average Bonchev–Trinajstić information content (AvgIpc) is 2.83. The third-order valence-corrected chi connectivity index (χ3v) is 7.17. The van der Waals surface area contributed by atoms with Gasteiger partial charge < -0.3 is 0 Å². The minimum atomic E-state index is 0.773. The first kappa shape index (κ1) is 24.7. The van der Waals surface area contributed by atoms with Gasteiger partial charge in [0.25, 0.3) is 0 Å². The summed E-state index contributed by atoms with van der Waals surface area (Å²) in [4.78, 5) is 0. The average molecular weight is 407 g/mol. The summed E-state index contributed by atoms with van der Waals surface area (Å²) >= 11 is 0. The molecule has 0 N–H and O–H groups in total. The Labute approximate surface area is 187 Å². The Morgan fingerprint density at radius 1 is 0.467 bits per heavy atom. The molecular weight excluding hydrogens is 360 g/mol. The predicted molar refractivity (Wildman–Crippen MR) is 135 cm³/mol. The van der Waals surface area contributed by atoms with E-state index in [1.165, 1.54) is 56.9 Å². The lowest BCUT2D eigenvalue weighted by Gasteiger charge is -2.30. The summed E-state index contributed by atoms with van der Waals surface area (Å²) in [5.74, 6) is 3.30. The molecule has 0 amide bonds. The maximum atomic E-state index is 2.45. The highest BCUT2D eigenvalue weighted by atomic mass is 14.3. The van der Waals surface area contributed by atoms with E-state index >= 15 is 0 Å². The minimum absolute atomic E-state index is 0.773. The smallest absolute Gasteiger partial charge is 0.0162 e. The van der Waals surface area contributed by atoms with E-state index in [1.807, 2.05) is 27.7 Å². The Bertz CT molecular complexity index is 678. The van der Waals surface area contributed by atoms with Gasteiger partial charge in [-0.3, -0.25) is 0 Å². The van der Waals surface area contributed by atoms with Gasteiger partial charge in [-0.15, -0.1) is 0 Å². The van der Waals surface area contributed by atoms with Crippen molar-refractivity contribution in [1.82, 2.24) is 0 Å². The molecule has 0 heteroatoms. The van der Waals surface area contributed by atoms with Gasteiger partial charge in [0, 0.05) is 0 Å². The van der Waals surface area contributed by atoms with E-state index < -0.39 is 0 Å². The Balaban J connectivity index is 0.000000757. The Hall–Kier alpha value is -1.56. The molecule has 0 spiro atoms. The molecule has 0 saturated heterocycles. The van der Waals surface area contributed by atoms with Gasteiger partial charge in [-0.25, -0.2) is 0 Å². The molecule has 2 saturated carbocycles. The van der Waals surface area contributed by atoms with Crippen LogP contribution < -0.4 is 0 Å². The molecule has 0 aliphatic heterocycles. The van der Waals surface area contributed by atoms with Crippen LogP contribution in [0.25, 0.3) is 0 Å². The van der Waals surface area contributed by atoms with Gasteiger partial charge in [0.05, 0.1) is 0 Å². The lowest BCUT2D eigenvalue weighted by atomic mass is 9.75. The molecule has 0 bridgehead atoms. The Kier molecular flexibility index (Phi) is 10.7. The second-order valence-electron chi connectivity index (χ2n) is 9.08. The van der Waals surface area contributed by atoms with Gasteiger partial charge in [0.1, 0.15) is 0 Å². The fourth-order valence-electron chi connectivity index (χ4n) is 5.23. The van der Waals surface area contributed by atoms with Crippen molar-refractivity contribution in [2.75, 3.05) is 0 Å². The van der Waals surface area contributed by atoms with Gasteiger partial charge in [-0.2, -0.15) is 0 Å². The van der Waals surface area contributed by atoms with Crippen LogP contribution in [0.5, 0.6) is 0 Å². The van der Waals surface area contributed by atoms with E-state index in [0.29, 0.717) is 0 Å². The summed E-state index contributed by atoms with van der Waals surface area (Å²) in [6.45, 7) is 12.6. The molecule has 2 aliphatic carbocycles. The van der Waals surface area contributed by atoms with E-state index in [0.717, 1.165) is 23.7 Å². The first-order chi connectivity index (χ1) is 14.7. The third kappa shape index (κ3) is 6.73. The van der Waals surface area contributed by atoms with Gasteiger partial charge in [-0.1, -0.05) is 102 Å². The molecule has 2 aromatic carbocycles. The first-order valence-electron chi connectivity index (χ1n) is 12.9. The molecule has 0 unspecified atom stereocenters. The third-order valence-electron chi connectivity index (χ3n) is 7.17. The second kappa shape index (κ2) is 13.0. The Morgan fingerprint density at radius 3 is 1.07 bits per heavy atom. The summed E-state index contributed by atoms with van der Waals surface area (Å²) in [6.07, 6.45) is 11.0. The van der Waals surface area contributed by atoms with Crippen molar-refractivity contribution >= 4 is 0 Å². The van der Waals surface area contributed by atoms with Gasteiger partial charge in [-0.05, 0) is 85.8 Å². The van der Waals surface area contributed by atoms with Crippen LogP contribution in [0, 0.1) is 12.8 Å². The van der Waals surface area contributed by atoms with Crippen LogP contribution in [0.15, 0.2) is 48.5 Å². The van der Waals surface area contributed by atoms with Crippen molar-refractivity contribution in [3.05, 3.63) is 70.8 Å². The van der Waals surface area contributed by atoms with E-state index in [2.05, 4.69) is 62.4 Å². The maximum Gasteiger partial charge on any atom is -0.0162 e. The fourth-order valence-corrected chi connectivity index (χ4v) is 5.23. The summed E-state index contributed by atoms with van der Waals surface area (Å²) in [5, 5.41) is 0. The summed E-state index contributed by atoms with van der Waals surface area (Å²) in [6, 6.07) is 19.0. The molecular formula is C30H46. The molecule has 2 aliphatic rings. The van der Waals surface area contributed by atoms with Crippen molar-refractivity contribution in [2.45, 2.75) is 111 Å². The van der Waals surface area contributed by atoms with E-state index in [4.69, 9.17) is 0 Å². The Morgan fingerprint density at radius 2 is 0.733 bits per heavy atom. The van der Waals surface area contributed by atoms with Crippen molar-refractivity contribution in [3.63, 3.8) is 0 Å². The molecule has 0 nitrogen and oxygen atoms in total. The largest absolute Gasteiger partial charge is 0.0683 e. The normalized spacial score (nSPS) is 25.9. The van der Waals surface area contributed by atoms with Crippen LogP contribution in [0.3, 0.4) is 0 Å².